The van der Waals surface area contributed by atoms with Crippen LogP contribution in [0.15, 0.2) is 60.8 Å². The standard InChI is InChI=1S/C50H87NO8/c1-6-8-10-12-14-16-18-20-22-23-24-25-27-28-30-32-34-36-38-40-47(52)57-44-46(45-58-50(49(54)55)56-43-42-51(3,4)5)59-48(53)41-39-37-35-33-31-29-26-21-19-17-15-13-11-9-7-2/h9,11,14-17,20-22,26,46,50H,6-8,10,12-13,18-19,23-25,27-45H2,1-5H3/b11-9-,16-14-,17-15-,22-20-,26-21-. The third kappa shape index (κ3) is 42.9. The molecule has 0 saturated heterocycles. The highest BCUT2D eigenvalue weighted by Gasteiger charge is 2.21. The third-order valence-corrected chi connectivity index (χ3v) is 9.75. The van der Waals surface area contributed by atoms with Crippen molar-refractivity contribution < 1.29 is 42.9 Å². The average Bonchev–Trinajstić information content (AvgIpc) is 3.19. The molecular formula is C50H87NO8. The van der Waals surface area contributed by atoms with E-state index in [4.69, 9.17) is 18.9 Å². The molecule has 0 spiro atoms. The molecule has 0 N–H and O–H groups in total. The Morgan fingerprint density at radius 1 is 0.525 bits per heavy atom. The summed E-state index contributed by atoms with van der Waals surface area (Å²) in [7, 11) is 5.90. The van der Waals surface area contributed by atoms with E-state index >= 15 is 0 Å². The molecule has 0 radical (unpaired) electrons. The predicted molar refractivity (Wildman–Crippen MR) is 242 cm³/mol. The first-order chi connectivity index (χ1) is 28.6. The van der Waals surface area contributed by atoms with Gasteiger partial charge in [-0.15, -0.1) is 0 Å². The Hall–Kier alpha value is -3.01. The zero-order valence-electron chi connectivity index (χ0n) is 38.4. The Kier molecular flexibility index (Phi) is 39.6. The quantitative estimate of drug-likeness (QED) is 0.0197. The molecule has 9 nitrogen and oxygen atoms in total. The van der Waals surface area contributed by atoms with Gasteiger partial charge in [0.05, 0.1) is 40.3 Å². The number of esters is 2. The van der Waals surface area contributed by atoms with Gasteiger partial charge in [0, 0.05) is 12.8 Å². The van der Waals surface area contributed by atoms with E-state index < -0.39 is 24.3 Å². The zero-order chi connectivity index (χ0) is 43.5. The Morgan fingerprint density at radius 2 is 0.966 bits per heavy atom. The molecule has 0 aliphatic heterocycles. The SMILES string of the molecule is CC/C=C\C/C=C\C/C=C\CCCCCCCC(=O)OC(COC(=O)CCCCCCCCCCC/C=C\C/C=C\CCCCC)COC(OCC[N+](C)(C)C)C(=O)[O-]. The second kappa shape index (κ2) is 41.7. The predicted octanol–water partition coefficient (Wildman–Crippen LogP) is 11.2. The second-order valence-corrected chi connectivity index (χ2v) is 16.7. The number of rotatable bonds is 42. The van der Waals surface area contributed by atoms with Crippen molar-refractivity contribution in [2.24, 2.45) is 0 Å². The van der Waals surface area contributed by atoms with Crippen LogP contribution in [-0.4, -0.2) is 82.3 Å². The van der Waals surface area contributed by atoms with Crippen LogP contribution in [0.25, 0.3) is 0 Å². The van der Waals surface area contributed by atoms with E-state index in [2.05, 4.69) is 74.6 Å². The van der Waals surface area contributed by atoms with Gasteiger partial charge in [-0.3, -0.25) is 9.59 Å². The first-order valence-electron chi connectivity index (χ1n) is 23.4. The molecule has 340 valence electrons. The van der Waals surface area contributed by atoms with Gasteiger partial charge in [-0.1, -0.05) is 152 Å². The van der Waals surface area contributed by atoms with E-state index in [1.807, 2.05) is 21.1 Å². The normalized spacial score (nSPS) is 13.4. The number of carbonyl (C=O) groups excluding carboxylic acids is 3. The molecule has 9 heteroatoms. The number of hydrogen-bond acceptors (Lipinski definition) is 8. The lowest BCUT2D eigenvalue weighted by atomic mass is 10.1. The van der Waals surface area contributed by atoms with Crippen LogP contribution in [0.2, 0.25) is 0 Å². The lowest BCUT2D eigenvalue weighted by molar-refractivity contribution is -0.870. The number of quaternary nitrogens is 1. The van der Waals surface area contributed by atoms with E-state index in [1.54, 1.807) is 0 Å². The molecule has 59 heavy (non-hydrogen) atoms. The summed E-state index contributed by atoms with van der Waals surface area (Å²) in [6.45, 7) is 4.57. The lowest BCUT2D eigenvalue weighted by Crippen LogP contribution is -2.44. The van der Waals surface area contributed by atoms with Gasteiger partial charge in [0.15, 0.2) is 12.4 Å². The first kappa shape index (κ1) is 56.0. The van der Waals surface area contributed by atoms with Crippen LogP contribution in [0.3, 0.4) is 0 Å². The summed E-state index contributed by atoms with van der Waals surface area (Å²) in [5.41, 5.74) is 0. The number of hydrogen-bond donors (Lipinski definition) is 0. The number of ether oxygens (including phenoxy) is 4. The molecule has 0 heterocycles. The summed E-state index contributed by atoms with van der Waals surface area (Å²) in [5.74, 6) is -2.32. The molecular weight excluding hydrogens is 743 g/mol. The highest BCUT2D eigenvalue weighted by molar-refractivity contribution is 5.70. The fourth-order valence-electron chi connectivity index (χ4n) is 6.11. The summed E-state index contributed by atoms with van der Waals surface area (Å²) in [6.07, 6.45) is 46.7. The minimum Gasteiger partial charge on any atom is -0.545 e. The molecule has 0 amide bonds. The van der Waals surface area contributed by atoms with Crippen LogP contribution < -0.4 is 5.11 Å². The highest BCUT2D eigenvalue weighted by Crippen LogP contribution is 2.14. The van der Waals surface area contributed by atoms with Crippen LogP contribution in [-0.2, 0) is 33.3 Å². The summed E-state index contributed by atoms with van der Waals surface area (Å²) in [4.78, 5) is 37.0. The first-order valence-corrected chi connectivity index (χ1v) is 23.4. The van der Waals surface area contributed by atoms with Gasteiger partial charge in [-0.05, 0) is 77.0 Å². The van der Waals surface area contributed by atoms with E-state index in [1.165, 1.54) is 64.2 Å². The molecule has 0 aliphatic rings. The second-order valence-electron chi connectivity index (χ2n) is 16.7. The van der Waals surface area contributed by atoms with E-state index in [9.17, 15) is 19.5 Å². The smallest absolute Gasteiger partial charge is 0.306 e. The minimum atomic E-state index is -1.63. The molecule has 0 aromatic carbocycles. The van der Waals surface area contributed by atoms with Crippen molar-refractivity contribution in [1.82, 2.24) is 0 Å². The number of aliphatic carboxylic acids is 1. The van der Waals surface area contributed by atoms with Crippen LogP contribution in [0, 0.1) is 0 Å². The maximum absolute atomic E-state index is 12.8. The fourth-order valence-corrected chi connectivity index (χ4v) is 6.11. The molecule has 0 fully saturated rings. The summed E-state index contributed by atoms with van der Waals surface area (Å²) >= 11 is 0. The Morgan fingerprint density at radius 3 is 1.44 bits per heavy atom. The van der Waals surface area contributed by atoms with Crippen molar-refractivity contribution >= 4 is 17.9 Å². The maximum atomic E-state index is 12.8. The summed E-state index contributed by atoms with van der Waals surface area (Å²) in [5, 5.41) is 11.7. The number of allylic oxidation sites excluding steroid dienone is 10. The Bertz CT molecular complexity index is 1150. The minimum absolute atomic E-state index is 0.141. The molecule has 0 saturated carbocycles. The third-order valence-electron chi connectivity index (χ3n) is 9.75. The molecule has 0 aliphatic carbocycles. The number of carboxylic acids is 1. The van der Waals surface area contributed by atoms with E-state index in [0.29, 0.717) is 17.4 Å². The molecule has 0 aromatic rings. The number of carboxylic acid groups (broad SMARTS) is 1. The maximum Gasteiger partial charge on any atom is 0.306 e. The topological polar surface area (TPSA) is 111 Å². The van der Waals surface area contributed by atoms with Gasteiger partial charge < -0.3 is 33.3 Å². The number of unbranched alkanes of at least 4 members (excludes halogenated alkanes) is 17. The average molecular weight is 830 g/mol. The van der Waals surface area contributed by atoms with Gasteiger partial charge in [-0.2, -0.15) is 0 Å². The van der Waals surface area contributed by atoms with Crippen molar-refractivity contribution in [3.8, 4) is 0 Å². The van der Waals surface area contributed by atoms with Crippen LogP contribution in [0.5, 0.6) is 0 Å². The highest BCUT2D eigenvalue weighted by atomic mass is 16.7. The van der Waals surface area contributed by atoms with Crippen molar-refractivity contribution in [1.29, 1.82) is 0 Å². The van der Waals surface area contributed by atoms with Crippen molar-refractivity contribution in [3.05, 3.63) is 60.8 Å². The van der Waals surface area contributed by atoms with Gasteiger partial charge in [0.2, 0.25) is 0 Å². The summed E-state index contributed by atoms with van der Waals surface area (Å²) < 4.78 is 22.5. The lowest BCUT2D eigenvalue weighted by Gasteiger charge is -2.26. The Labute approximate surface area is 361 Å². The van der Waals surface area contributed by atoms with Gasteiger partial charge in [-0.25, -0.2) is 0 Å². The van der Waals surface area contributed by atoms with E-state index in [0.717, 1.165) is 83.5 Å². The molecule has 2 atom stereocenters. The zero-order valence-corrected chi connectivity index (χ0v) is 38.4. The van der Waals surface area contributed by atoms with Crippen LogP contribution in [0.4, 0.5) is 0 Å². The van der Waals surface area contributed by atoms with Gasteiger partial charge >= 0.3 is 11.9 Å². The van der Waals surface area contributed by atoms with Crippen molar-refractivity contribution in [2.45, 2.75) is 193 Å². The largest absolute Gasteiger partial charge is 0.545 e. The van der Waals surface area contributed by atoms with Gasteiger partial charge in [0.25, 0.3) is 0 Å². The van der Waals surface area contributed by atoms with Crippen LogP contribution >= 0.6 is 0 Å². The monoisotopic (exact) mass is 830 g/mol. The molecule has 0 aromatic heterocycles. The van der Waals surface area contributed by atoms with E-state index in [-0.39, 0.29) is 38.6 Å². The molecule has 0 rings (SSSR count). The van der Waals surface area contributed by atoms with Gasteiger partial charge in [0.1, 0.15) is 13.2 Å². The summed E-state index contributed by atoms with van der Waals surface area (Å²) in [6, 6.07) is 0. The number of nitrogens with zero attached hydrogens (tertiary/aromatic N) is 1. The molecule has 0 bridgehead atoms. The fraction of sp³-hybridized carbons (Fsp3) is 0.740. The molecule has 2 unspecified atom stereocenters. The van der Waals surface area contributed by atoms with Crippen molar-refractivity contribution in [3.63, 3.8) is 0 Å². The van der Waals surface area contributed by atoms with Crippen LogP contribution in [0.1, 0.15) is 181 Å². The number of likely N-dealkylation sites (N-methyl/N-ethyl adjacent to an activating group) is 1. The Balaban J connectivity index is 4.42. The number of carbonyl (C=O) groups is 3. The van der Waals surface area contributed by atoms with Crippen molar-refractivity contribution in [2.75, 3.05) is 47.5 Å².